The molecule has 0 amide bonds. The number of pyridine rings is 1. The van der Waals surface area contributed by atoms with Crippen molar-refractivity contribution < 1.29 is 4.74 Å². The second-order valence-electron chi connectivity index (χ2n) is 4.85. The molecule has 1 aromatic carbocycles. The number of halogens is 1. The Labute approximate surface area is 123 Å². The van der Waals surface area contributed by atoms with Crippen LogP contribution in [0, 0.1) is 20.8 Å². The predicted octanol–water partition coefficient (Wildman–Crippen LogP) is 4.48. The highest BCUT2D eigenvalue weighted by Crippen LogP contribution is 2.26. The second kappa shape index (κ2) is 6.20. The fourth-order valence-electron chi connectivity index (χ4n) is 2.20. The summed E-state index contributed by atoms with van der Waals surface area (Å²) in [7, 11) is 0. The van der Waals surface area contributed by atoms with E-state index in [4.69, 9.17) is 4.74 Å². The Morgan fingerprint density at radius 1 is 1.00 bits per heavy atom. The molecule has 0 unspecified atom stereocenters. The number of alkyl halides is 1. The number of hydrogen-bond acceptors (Lipinski definition) is 2. The molecule has 0 radical (unpaired) electrons. The van der Waals surface area contributed by atoms with Crippen LogP contribution in [0.3, 0.4) is 0 Å². The monoisotopic (exact) mass is 319 g/mol. The predicted molar refractivity (Wildman–Crippen MR) is 81.9 cm³/mol. The number of aromatic nitrogens is 1. The Bertz CT molecular complexity index is 558. The molecule has 0 fully saturated rings. The van der Waals surface area contributed by atoms with E-state index in [0.29, 0.717) is 6.61 Å². The van der Waals surface area contributed by atoms with Gasteiger partial charge in [0, 0.05) is 23.3 Å². The Kier molecular flexibility index (Phi) is 4.59. The standard InChI is InChI=1S/C16H18BrNO/c1-11-4-15(9-18-8-11)10-19-16-12(2)5-14(7-17)6-13(16)3/h4-6,8-9H,7,10H2,1-3H3. The second-order valence-corrected chi connectivity index (χ2v) is 5.41. The van der Waals surface area contributed by atoms with Gasteiger partial charge < -0.3 is 4.74 Å². The summed E-state index contributed by atoms with van der Waals surface area (Å²) in [5.41, 5.74) is 5.89. The van der Waals surface area contributed by atoms with Crippen molar-refractivity contribution in [2.75, 3.05) is 0 Å². The van der Waals surface area contributed by atoms with E-state index in [-0.39, 0.29) is 0 Å². The molecule has 0 bridgehead atoms. The first-order valence-electron chi connectivity index (χ1n) is 6.29. The van der Waals surface area contributed by atoms with E-state index in [1.807, 2.05) is 19.3 Å². The van der Waals surface area contributed by atoms with Crippen molar-refractivity contribution in [3.05, 3.63) is 58.4 Å². The molecule has 0 aliphatic rings. The van der Waals surface area contributed by atoms with Gasteiger partial charge in [0.05, 0.1) is 0 Å². The summed E-state index contributed by atoms with van der Waals surface area (Å²) in [4.78, 5) is 4.18. The molecular formula is C16H18BrNO. The molecule has 0 spiro atoms. The zero-order chi connectivity index (χ0) is 13.8. The summed E-state index contributed by atoms with van der Waals surface area (Å²) in [5, 5.41) is 0.872. The first-order chi connectivity index (χ1) is 9.10. The van der Waals surface area contributed by atoms with Crippen LogP contribution in [0.15, 0.2) is 30.6 Å². The van der Waals surface area contributed by atoms with E-state index in [0.717, 1.165) is 22.2 Å². The van der Waals surface area contributed by atoms with Gasteiger partial charge in [-0.3, -0.25) is 4.98 Å². The van der Waals surface area contributed by atoms with E-state index in [2.05, 4.69) is 53.0 Å². The van der Waals surface area contributed by atoms with Crippen LogP contribution in [0.5, 0.6) is 5.75 Å². The van der Waals surface area contributed by atoms with Gasteiger partial charge in [0.1, 0.15) is 12.4 Å². The van der Waals surface area contributed by atoms with Crippen LogP contribution in [0.2, 0.25) is 0 Å². The number of ether oxygens (including phenoxy) is 1. The van der Waals surface area contributed by atoms with Crippen LogP contribution >= 0.6 is 15.9 Å². The lowest BCUT2D eigenvalue weighted by molar-refractivity contribution is 0.301. The number of hydrogen-bond donors (Lipinski definition) is 0. The molecule has 0 saturated carbocycles. The lowest BCUT2D eigenvalue weighted by Crippen LogP contribution is -2.00. The largest absolute Gasteiger partial charge is 0.488 e. The van der Waals surface area contributed by atoms with Gasteiger partial charge in [-0.15, -0.1) is 0 Å². The van der Waals surface area contributed by atoms with Crippen molar-refractivity contribution in [2.24, 2.45) is 0 Å². The molecule has 19 heavy (non-hydrogen) atoms. The van der Waals surface area contributed by atoms with Gasteiger partial charge in [0.25, 0.3) is 0 Å². The summed E-state index contributed by atoms with van der Waals surface area (Å²) >= 11 is 3.48. The minimum absolute atomic E-state index is 0.560. The Morgan fingerprint density at radius 3 is 2.26 bits per heavy atom. The van der Waals surface area contributed by atoms with Gasteiger partial charge in [-0.2, -0.15) is 0 Å². The molecule has 2 aromatic rings. The molecule has 1 heterocycles. The van der Waals surface area contributed by atoms with E-state index in [9.17, 15) is 0 Å². The smallest absolute Gasteiger partial charge is 0.125 e. The molecule has 0 atom stereocenters. The van der Waals surface area contributed by atoms with Crippen LogP contribution in [0.4, 0.5) is 0 Å². The van der Waals surface area contributed by atoms with Crippen molar-refractivity contribution in [3.8, 4) is 5.75 Å². The van der Waals surface area contributed by atoms with Crippen LogP contribution in [-0.4, -0.2) is 4.98 Å². The molecule has 1 aromatic heterocycles. The fraction of sp³-hybridized carbons (Fsp3) is 0.312. The van der Waals surface area contributed by atoms with Crippen molar-refractivity contribution in [1.82, 2.24) is 4.98 Å². The minimum Gasteiger partial charge on any atom is -0.488 e. The summed E-state index contributed by atoms with van der Waals surface area (Å²) < 4.78 is 5.95. The number of rotatable bonds is 4. The van der Waals surface area contributed by atoms with Gasteiger partial charge in [0.2, 0.25) is 0 Å². The summed E-state index contributed by atoms with van der Waals surface area (Å²) in [5.74, 6) is 0.978. The summed E-state index contributed by atoms with van der Waals surface area (Å²) in [6, 6.07) is 6.42. The van der Waals surface area contributed by atoms with Crippen molar-refractivity contribution >= 4 is 15.9 Å². The van der Waals surface area contributed by atoms with Gasteiger partial charge in [-0.05, 0) is 49.1 Å². The molecule has 0 aliphatic carbocycles. The molecular weight excluding hydrogens is 302 g/mol. The van der Waals surface area contributed by atoms with Crippen LogP contribution < -0.4 is 4.74 Å². The third-order valence-electron chi connectivity index (χ3n) is 2.99. The molecule has 2 rings (SSSR count). The normalized spacial score (nSPS) is 10.5. The van der Waals surface area contributed by atoms with E-state index >= 15 is 0 Å². The summed E-state index contributed by atoms with van der Waals surface area (Å²) in [6.45, 7) is 6.77. The van der Waals surface area contributed by atoms with E-state index in [1.165, 1.54) is 16.7 Å². The van der Waals surface area contributed by atoms with Crippen LogP contribution in [0.1, 0.15) is 27.8 Å². The van der Waals surface area contributed by atoms with E-state index in [1.54, 1.807) is 0 Å². The van der Waals surface area contributed by atoms with Gasteiger partial charge in [-0.25, -0.2) is 0 Å². The number of aryl methyl sites for hydroxylation is 3. The van der Waals surface area contributed by atoms with Crippen LogP contribution in [-0.2, 0) is 11.9 Å². The Balaban J connectivity index is 2.16. The highest BCUT2D eigenvalue weighted by Gasteiger charge is 2.06. The fourth-order valence-corrected chi connectivity index (χ4v) is 2.52. The van der Waals surface area contributed by atoms with Crippen molar-refractivity contribution in [1.29, 1.82) is 0 Å². The third kappa shape index (κ3) is 3.57. The zero-order valence-corrected chi connectivity index (χ0v) is 13.1. The lowest BCUT2D eigenvalue weighted by atomic mass is 10.1. The zero-order valence-electron chi connectivity index (χ0n) is 11.5. The maximum Gasteiger partial charge on any atom is 0.125 e. The first-order valence-corrected chi connectivity index (χ1v) is 7.41. The molecule has 0 saturated heterocycles. The first kappa shape index (κ1) is 14.1. The maximum atomic E-state index is 5.95. The van der Waals surface area contributed by atoms with Crippen molar-refractivity contribution in [3.63, 3.8) is 0 Å². The Hall–Kier alpha value is -1.35. The van der Waals surface area contributed by atoms with Crippen molar-refractivity contribution in [2.45, 2.75) is 32.7 Å². The average molecular weight is 320 g/mol. The van der Waals surface area contributed by atoms with E-state index < -0.39 is 0 Å². The number of nitrogens with zero attached hydrogens (tertiary/aromatic N) is 1. The molecule has 0 aliphatic heterocycles. The van der Waals surface area contributed by atoms with Gasteiger partial charge in [0.15, 0.2) is 0 Å². The number of benzene rings is 1. The Morgan fingerprint density at radius 2 is 1.68 bits per heavy atom. The summed E-state index contributed by atoms with van der Waals surface area (Å²) in [6.07, 6.45) is 3.70. The highest BCUT2D eigenvalue weighted by atomic mass is 79.9. The molecule has 0 N–H and O–H groups in total. The van der Waals surface area contributed by atoms with Crippen LogP contribution in [0.25, 0.3) is 0 Å². The molecule has 3 heteroatoms. The van der Waals surface area contributed by atoms with Gasteiger partial charge >= 0.3 is 0 Å². The quantitative estimate of drug-likeness (QED) is 0.775. The third-order valence-corrected chi connectivity index (χ3v) is 3.64. The van der Waals surface area contributed by atoms with Gasteiger partial charge in [-0.1, -0.05) is 28.1 Å². The average Bonchev–Trinajstić information content (AvgIpc) is 2.37. The topological polar surface area (TPSA) is 22.1 Å². The molecule has 100 valence electrons. The molecule has 2 nitrogen and oxygen atoms in total. The SMILES string of the molecule is Cc1cncc(COc2c(C)cc(CBr)cc2C)c1. The highest BCUT2D eigenvalue weighted by molar-refractivity contribution is 9.08. The lowest BCUT2D eigenvalue weighted by Gasteiger charge is -2.13. The minimum atomic E-state index is 0.560. The maximum absolute atomic E-state index is 5.95.